The van der Waals surface area contributed by atoms with Crippen molar-refractivity contribution in [2.24, 2.45) is 0 Å². The van der Waals surface area contributed by atoms with Crippen LogP contribution < -0.4 is 10.2 Å². The van der Waals surface area contributed by atoms with E-state index in [4.69, 9.17) is 20.7 Å². The Kier molecular flexibility index (Phi) is 4.41. The molecule has 0 aliphatic carbocycles. The van der Waals surface area contributed by atoms with Gasteiger partial charge in [0.1, 0.15) is 17.3 Å². The van der Waals surface area contributed by atoms with E-state index >= 15 is 0 Å². The van der Waals surface area contributed by atoms with Gasteiger partial charge < -0.3 is 14.1 Å². The third kappa shape index (κ3) is 3.05. The van der Waals surface area contributed by atoms with E-state index in [0.717, 1.165) is 11.3 Å². The summed E-state index contributed by atoms with van der Waals surface area (Å²) in [7, 11) is 0. The van der Waals surface area contributed by atoms with Crippen LogP contribution in [0.3, 0.4) is 0 Å². The topological polar surface area (TPSA) is 32.0 Å². The summed E-state index contributed by atoms with van der Waals surface area (Å²) in [6, 6.07) is 11.1. The Morgan fingerprint density at radius 1 is 1.29 bits per heavy atom. The van der Waals surface area contributed by atoms with Crippen molar-refractivity contribution >= 4 is 23.8 Å². The molecule has 1 aliphatic heterocycles. The van der Waals surface area contributed by atoms with Crippen LogP contribution in [0.5, 0.6) is 11.5 Å². The minimum atomic E-state index is 0.123. The molecule has 5 heteroatoms. The molecule has 1 heterocycles. The van der Waals surface area contributed by atoms with Gasteiger partial charge in [-0.3, -0.25) is 0 Å². The quantitative estimate of drug-likeness (QED) is 0.462. The van der Waals surface area contributed by atoms with Crippen LogP contribution >= 0.6 is 0 Å². The molecule has 0 saturated heterocycles. The molecule has 0 radical (unpaired) electrons. The van der Waals surface area contributed by atoms with Gasteiger partial charge in [0, 0.05) is 5.56 Å². The molecule has 0 fully saturated rings. The van der Waals surface area contributed by atoms with Crippen LogP contribution in [0, 0.1) is 6.57 Å². The molecular weight excluding hydrogens is 301 g/mol. The highest BCUT2D eigenvalue weighted by Gasteiger charge is 2.23. The zero-order valence-electron chi connectivity index (χ0n) is 13.4. The Morgan fingerprint density at radius 3 is 2.79 bits per heavy atom. The van der Waals surface area contributed by atoms with Crippen LogP contribution in [0.2, 0.25) is 6.82 Å². The number of hydrogen-bond acceptors (Lipinski definition) is 3. The van der Waals surface area contributed by atoms with Gasteiger partial charge in [0.15, 0.2) is 5.69 Å². The Morgan fingerprint density at radius 2 is 2.04 bits per heavy atom. The first-order valence-corrected chi connectivity index (χ1v) is 7.53. The second-order valence-corrected chi connectivity index (χ2v) is 5.41. The van der Waals surface area contributed by atoms with Crippen molar-refractivity contribution in [2.75, 3.05) is 0 Å². The third-order valence-electron chi connectivity index (χ3n) is 3.89. The van der Waals surface area contributed by atoms with Gasteiger partial charge >= 0.3 is 6.92 Å². The SMILES string of the molecule is [C-]#[N+]c1ccc(Oc2ccc3c(c2)COB3C)cc1C(=C)OC=C. The van der Waals surface area contributed by atoms with E-state index in [1.165, 1.54) is 11.7 Å². The highest BCUT2D eigenvalue weighted by atomic mass is 16.5. The van der Waals surface area contributed by atoms with Crippen molar-refractivity contribution in [3.8, 4) is 11.5 Å². The van der Waals surface area contributed by atoms with Crippen LogP contribution in [-0.4, -0.2) is 6.92 Å². The zero-order valence-corrected chi connectivity index (χ0v) is 13.4. The maximum atomic E-state index is 7.25. The summed E-state index contributed by atoms with van der Waals surface area (Å²) in [6.07, 6.45) is 1.28. The maximum absolute atomic E-state index is 7.25. The number of benzene rings is 2. The van der Waals surface area contributed by atoms with Crippen LogP contribution in [0.1, 0.15) is 11.1 Å². The monoisotopic (exact) mass is 317 g/mol. The first-order chi connectivity index (χ1) is 11.6. The van der Waals surface area contributed by atoms with Gasteiger partial charge in [0.2, 0.25) is 0 Å². The molecule has 0 N–H and O–H groups in total. The molecule has 118 valence electrons. The Balaban J connectivity index is 1.88. The summed E-state index contributed by atoms with van der Waals surface area (Å²) < 4.78 is 16.7. The molecule has 24 heavy (non-hydrogen) atoms. The third-order valence-corrected chi connectivity index (χ3v) is 3.89. The van der Waals surface area contributed by atoms with Crippen LogP contribution in [0.25, 0.3) is 10.6 Å². The molecule has 0 atom stereocenters. The number of nitrogens with zero attached hydrogens (tertiary/aromatic N) is 1. The molecule has 0 aromatic heterocycles. The summed E-state index contributed by atoms with van der Waals surface area (Å²) in [5.41, 5.74) is 3.36. The molecule has 0 spiro atoms. The number of rotatable bonds is 5. The van der Waals surface area contributed by atoms with Gasteiger partial charge in [-0.1, -0.05) is 32.1 Å². The maximum Gasteiger partial charge on any atom is 0.324 e. The fourth-order valence-electron chi connectivity index (χ4n) is 2.67. The van der Waals surface area contributed by atoms with Crippen LogP contribution in [0.4, 0.5) is 5.69 Å². The molecule has 3 rings (SSSR count). The first kappa shape index (κ1) is 15.9. The summed E-state index contributed by atoms with van der Waals surface area (Å²) in [5, 5.41) is 0. The fraction of sp³-hybridized carbons (Fsp3) is 0.105. The predicted octanol–water partition coefficient (Wildman–Crippen LogP) is 4.52. The Hall–Kier alpha value is -2.97. The molecular formula is C19H16BNO3. The van der Waals surface area contributed by atoms with Gasteiger partial charge in [-0.2, -0.15) is 0 Å². The average molecular weight is 317 g/mol. The van der Waals surface area contributed by atoms with Crippen LogP contribution in [0.15, 0.2) is 55.8 Å². The average Bonchev–Trinajstić information content (AvgIpc) is 2.95. The summed E-state index contributed by atoms with van der Waals surface area (Å²) in [6.45, 7) is 17.3. The molecule has 2 aromatic carbocycles. The van der Waals surface area contributed by atoms with Gasteiger partial charge in [-0.15, -0.1) is 0 Å². The van der Waals surface area contributed by atoms with Crippen molar-refractivity contribution in [3.63, 3.8) is 0 Å². The largest absolute Gasteiger partial charge is 0.467 e. The van der Waals surface area contributed by atoms with Gasteiger partial charge in [0.25, 0.3) is 0 Å². The zero-order chi connectivity index (χ0) is 17.1. The number of fused-ring (bicyclic) bond motifs is 1. The molecule has 0 bridgehead atoms. The fourth-order valence-corrected chi connectivity index (χ4v) is 2.67. The van der Waals surface area contributed by atoms with E-state index in [1.54, 1.807) is 18.2 Å². The smallest absolute Gasteiger partial charge is 0.324 e. The van der Waals surface area contributed by atoms with Gasteiger partial charge in [0.05, 0.1) is 19.4 Å². The lowest BCUT2D eigenvalue weighted by molar-refractivity contribution is 0.333. The summed E-state index contributed by atoms with van der Waals surface area (Å²) in [5.74, 6) is 1.69. The highest BCUT2D eigenvalue weighted by Crippen LogP contribution is 2.33. The predicted molar refractivity (Wildman–Crippen MR) is 95.6 cm³/mol. The van der Waals surface area contributed by atoms with Crippen molar-refractivity contribution in [1.29, 1.82) is 0 Å². The first-order valence-electron chi connectivity index (χ1n) is 7.53. The van der Waals surface area contributed by atoms with Crippen molar-refractivity contribution < 1.29 is 14.1 Å². The molecule has 0 saturated carbocycles. The standard InChI is InChI=1S/C19H16BNO3/c1-5-22-13(2)17-11-16(7-9-19(17)21-4)24-15-6-8-18-14(10-15)12-23-20(18)3/h5-11H,1-2,12H2,3H3. The van der Waals surface area contributed by atoms with Crippen LogP contribution in [-0.2, 0) is 16.0 Å². The lowest BCUT2D eigenvalue weighted by Gasteiger charge is -2.11. The normalized spacial score (nSPS) is 12.2. The lowest BCUT2D eigenvalue weighted by Crippen LogP contribution is -2.23. The minimum Gasteiger partial charge on any atom is -0.467 e. The van der Waals surface area contributed by atoms with Crippen molar-refractivity contribution in [1.82, 2.24) is 0 Å². The molecule has 2 aromatic rings. The number of hydrogen-bond donors (Lipinski definition) is 0. The molecule has 0 unspecified atom stereocenters. The second-order valence-electron chi connectivity index (χ2n) is 5.41. The van der Waals surface area contributed by atoms with E-state index in [9.17, 15) is 0 Å². The Labute approximate surface area is 141 Å². The van der Waals surface area contributed by atoms with E-state index < -0.39 is 0 Å². The molecule has 4 nitrogen and oxygen atoms in total. The van der Waals surface area contributed by atoms with Crippen molar-refractivity contribution in [3.05, 3.63) is 78.4 Å². The van der Waals surface area contributed by atoms with Crippen molar-refractivity contribution in [2.45, 2.75) is 13.4 Å². The highest BCUT2D eigenvalue weighted by molar-refractivity contribution is 6.67. The lowest BCUT2D eigenvalue weighted by atomic mass is 9.64. The minimum absolute atomic E-state index is 0.123. The van der Waals surface area contributed by atoms with E-state index in [-0.39, 0.29) is 6.92 Å². The van der Waals surface area contributed by atoms with Gasteiger partial charge in [-0.25, -0.2) is 4.85 Å². The van der Waals surface area contributed by atoms with Gasteiger partial charge in [-0.05, 0) is 35.3 Å². The summed E-state index contributed by atoms with van der Waals surface area (Å²) >= 11 is 0. The summed E-state index contributed by atoms with van der Waals surface area (Å²) in [4.78, 5) is 3.48. The van der Waals surface area contributed by atoms with E-state index in [2.05, 4.69) is 18.0 Å². The molecule has 0 amide bonds. The number of ether oxygens (including phenoxy) is 2. The van der Waals surface area contributed by atoms with E-state index in [0.29, 0.717) is 29.4 Å². The molecule has 1 aliphatic rings. The Bertz CT molecular complexity index is 854. The van der Waals surface area contributed by atoms with E-state index in [1.807, 2.05) is 25.0 Å². The second kappa shape index (κ2) is 6.65.